The van der Waals surface area contributed by atoms with E-state index in [-0.39, 0.29) is 130 Å². The van der Waals surface area contributed by atoms with Crippen molar-refractivity contribution >= 4 is 108 Å². The second-order valence-corrected chi connectivity index (χ2v) is 0. The number of hydrogen-bond donors (Lipinski definition) is 0. The summed E-state index contributed by atoms with van der Waals surface area (Å²) in [5, 5.41) is 0. The summed E-state index contributed by atoms with van der Waals surface area (Å²) in [4.78, 5) is 0. The van der Waals surface area contributed by atoms with Crippen molar-refractivity contribution in [2.24, 2.45) is 0 Å². The normalized spacial score (nSPS) is 0. The van der Waals surface area contributed by atoms with Crippen LogP contribution in [0, 0.1) is 0 Å². The van der Waals surface area contributed by atoms with Gasteiger partial charge in [0.25, 0.3) is 0 Å². The number of hydrogen-bond acceptors (Lipinski definition) is 0. The molecular weight excluding hydrogens is 248 g/mol. The third-order valence-electron chi connectivity index (χ3n) is 0. The Morgan fingerprint density at radius 3 is 1.00 bits per heavy atom. The third kappa shape index (κ3) is 9.42. The minimum absolute atomic E-state index is 0. The molecule has 0 atom stereocenters. The fourth-order valence-electron chi connectivity index (χ4n) is 0. The van der Waals surface area contributed by atoms with Gasteiger partial charge in [0.1, 0.15) is 0 Å². The number of rotatable bonds is 0. The van der Waals surface area contributed by atoms with Crippen molar-refractivity contribution in [2.75, 3.05) is 0 Å². The molecule has 0 saturated heterocycles. The molecule has 4 heavy (non-hydrogen) atoms. The van der Waals surface area contributed by atoms with E-state index in [1.165, 1.54) is 0 Å². The molecule has 0 rings (SSSR count). The Morgan fingerprint density at radius 1 is 1.00 bits per heavy atom. The summed E-state index contributed by atoms with van der Waals surface area (Å²) in [5.41, 5.74) is 0. The standard InChI is InChI=1S/K.Nb.H4Si.Sr.3H/h;;1H4;;;;. The zero-order chi connectivity index (χ0) is 0. The third-order valence-corrected chi connectivity index (χ3v) is 0. The zero-order valence-corrected chi connectivity index (χ0v) is 2.65. The second kappa shape index (κ2) is 15.7. The van der Waals surface area contributed by atoms with E-state index in [0.717, 1.165) is 0 Å². The van der Waals surface area contributed by atoms with E-state index in [1.807, 2.05) is 0 Å². The van der Waals surface area contributed by atoms with Crippen LogP contribution in [0.2, 0.25) is 0 Å². The van der Waals surface area contributed by atoms with Gasteiger partial charge in [-0.2, -0.15) is 0 Å². The van der Waals surface area contributed by atoms with Crippen molar-refractivity contribution in [3.63, 3.8) is 0 Å². The van der Waals surface area contributed by atoms with Gasteiger partial charge in [0.15, 0.2) is 0 Å². The Hall–Kier alpha value is 4.07. The van der Waals surface area contributed by atoms with Crippen LogP contribution in [0.15, 0.2) is 0 Å². The molecule has 0 aliphatic heterocycles. The van der Waals surface area contributed by atoms with Gasteiger partial charge in [-0.25, -0.2) is 0 Å². The topological polar surface area (TPSA) is 0 Å². The van der Waals surface area contributed by atoms with Crippen molar-refractivity contribution in [3.05, 3.63) is 0 Å². The van der Waals surface area contributed by atoms with Gasteiger partial charge in [-0.05, 0) is 11.0 Å². The van der Waals surface area contributed by atoms with Crippen molar-refractivity contribution in [1.29, 1.82) is 0 Å². The Morgan fingerprint density at radius 2 is 1.00 bits per heavy atom. The average Bonchev–Trinajstić information content (AvgIpc) is 0. The summed E-state index contributed by atoms with van der Waals surface area (Å²) in [7, 11) is 0. The molecule has 0 aliphatic rings. The molecule has 0 heterocycles. The van der Waals surface area contributed by atoms with E-state index >= 15 is 0 Å². The van der Waals surface area contributed by atoms with Crippen LogP contribution in [0.1, 0.15) is 0 Å². The summed E-state index contributed by atoms with van der Waals surface area (Å²) in [6.45, 7) is 0. The van der Waals surface area contributed by atoms with Crippen LogP contribution in [0.25, 0.3) is 0 Å². The fraction of sp³-hybridized carbons (Fsp3) is 0. The van der Waals surface area contributed by atoms with Crippen LogP contribution >= 0.6 is 0 Å². The Bertz CT molecular complexity index is 8.00. The van der Waals surface area contributed by atoms with E-state index in [1.54, 1.807) is 0 Å². The first-order chi connectivity index (χ1) is 0. The molecular formula is H7KNbSiSr. The van der Waals surface area contributed by atoms with Crippen molar-refractivity contribution < 1.29 is 22.4 Å². The SMILES string of the molecule is [KH].[Nb].[SiH4].[SrH2]. The molecule has 0 fully saturated rings. The van der Waals surface area contributed by atoms with E-state index in [9.17, 15) is 0 Å². The van der Waals surface area contributed by atoms with Crippen LogP contribution < -0.4 is 0 Å². The van der Waals surface area contributed by atoms with Gasteiger partial charge in [-0.15, -0.1) is 0 Å². The molecule has 0 spiro atoms. The van der Waals surface area contributed by atoms with Gasteiger partial charge in [-0.3, -0.25) is 0 Å². The average molecular weight is 255 g/mol. The Labute approximate surface area is 126 Å². The Kier molecular flexibility index (Phi) is 95.7. The van der Waals surface area contributed by atoms with Crippen LogP contribution in [0.5, 0.6) is 0 Å². The fourth-order valence-corrected chi connectivity index (χ4v) is 0. The van der Waals surface area contributed by atoms with Crippen LogP contribution in [0.3, 0.4) is 0 Å². The molecule has 0 nitrogen and oxygen atoms in total. The van der Waals surface area contributed by atoms with Crippen molar-refractivity contribution in [3.8, 4) is 0 Å². The minimum atomic E-state index is 0. The molecule has 4 heteroatoms. The monoisotopic (exact) mass is 255 g/mol. The summed E-state index contributed by atoms with van der Waals surface area (Å²) < 4.78 is 0. The van der Waals surface area contributed by atoms with Gasteiger partial charge < -0.3 is 0 Å². The van der Waals surface area contributed by atoms with Gasteiger partial charge in [0.05, 0.1) is 0 Å². The zero-order valence-electron chi connectivity index (χ0n) is 0.447. The molecule has 0 aromatic rings. The van der Waals surface area contributed by atoms with E-state index in [0.29, 0.717) is 0 Å². The van der Waals surface area contributed by atoms with Crippen molar-refractivity contribution in [2.45, 2.75) is 0 Å². The quantitative estimate of drug-likeness (QED) is 0.404. The summed E-state index contributed by atoms with van der Waals surface area (Å²) in [6.07, 6.45) is 0. The van der Waals surface area contributed by atoms with E-state index < -0.39 is 0 Å². The Balaban J connectivity index is 0. The van der Waals surface area contributed by atoms with E-state index in [4.69, 9.17) is 0 Å². The van der Waals surface area contributed by atoms with Gasteiger partial charge in [0.2, 0.25) is 0 Å². The maximum absolute atomic E-state index is 0. The molecule has 19 valence electrons. The molecule has 0 N–H and O–H groups in total. The summed E-state index contributed by atoms with van der Waals surface area (Å²) in [6, 6.07) is 0. The molecule has 0 aromatic carbocycles. The second-order valence-electron chi connectivity index (χ2n) is 0. The molecule has 0 aliphatic carbocycles. The van der Waals surface area contributed by atoms with Gasteiger partial charge >= 0.3 is 96.9 Å². The van der Waals surface area contributed by atoms with Crippen LogP contribution in [0.4, 0.5) is 0 Å². The van der Waals surface area contributed by atoms with Crippen LogP contribution in [-0.2, 0) is 22.4 Å². The molecule has 0 amide bonds. The van der Waals surface area contributed by atoms with Crippen molar-refractivity contribution in [1.82, 2.24) is 0 Å². The van der Waals surface area contributed by atoms with Gasteiger partial charge in [-0.1, -0.05) is 0 Å². The first-order valence-corrected chi connectivity index (χ1v) is 0. The molecule has 0 bridgehead atoms. The molecule has 0 aromatic heterocycles. The van der Waals surface area contributed by atoms with E-state index in [2.05, 4.69) is 0 Å². The first-order valence-electron chi connectivity index (χ1n) is 0. The maximum atomic E-state index is 0. The molecule has 1 radical (unpaired) electrons. The summed E-state index contributed by atoms with van der Waals surface area (Å²) >= 11 is 0. The van der Waals surface area contributed by atoms with Gasteiger partial charge in [0, 0.05) is 22.4 Å². The molecule has 0 unspecified atom stereocenters. The summed E-state index contributed by atoms with van der Waals surface area (Å²) in [5.74, 6) is 0. The van der Waals surface area contributed by atoms with Crippen LogP contribution in [-0.4, -0.2) is 108 Å². The first kappa shape index (κ1) is 24.3. The predicted molar refractivity (Wildman–Crippen MR) is 27.0 cm³/mol. The molecule has 0 saturated carbocycles. The predicted octanol–water partition coefficient (Wildman–Crippen LogP) is -3.02.